The first-order valence-corrected chi connectivity index (χ1v) is 6.80. The van der Waals surface area contributed by atoms with Crippen LogP contribution in [0, 0.1) is 0 Å². The fraction of sp³-hybridized carbons (Fsp3) is 0.462. The Kier molecular flexibility index (Phi) is 4.68. The SMILES string of the molecule is COc1cc(C(=O)OC2CCCC2)ccc1OI. The van der Waals surface area contributed by atoms with Gasteiger partial charge in [-0.15, -0.1) is 0 Å². The Hall–Kier alpha value is -0.980. The van der Waals surface area contributed by atoms with Gasteiger partial charge in [-0.1, -0.05) is 0 Å². The molecule has 0 heterocycles. The van der Waals surface area contributed by atoms with E-state index in [1.54, 1.807) is 48.3 Å². The predicted octanol–water partition coefficient (Wildman–Crippen LogP) is 3.52. The number of rotatable bonds is 4. The number of hydrogen-bond donors (Lipinski definition) is 0. The van der Waals surface area contributed by atoms with Crippen LogP contribution < -0.4 is 7.80 Å². The number of halogens is 1. The lowest BCUT2D eigenvalue weighted by Gasteiger charge is -2.12. The Balaban J connectivity index is 2.09. The number of esters is 1. The molecule has 18 heavy (non-hydrogen) atoms. The molecule has 0 amide bonds. The van der Waals surface area contributed by atoms with Crippen molar-refractivity contribution in [2.24, 2.45) is 0 Å². The van der Waals surface area contributed by atoms with Crippen LogP contribution in [0.1, 0.15) is 36.0 Å². The number of hydrogen-bond acceptors (Lipinski definition) is 4. The summed E-state index contributed by atoms with van der Waals surface area (Å²) in [6, 6.07) is 5.04. The van der Waals surface area contributed by atoms with Gasteiger partial charge in [0.1, 0.15) is 6.10 Å². The van der Waals surface area contributed by atoms with Gasteiger partial charge in [0, 0.05) is 0 Å². The van der Waals surface area contributed by atoms with Crippen molar-refractivity contribution >= 4 is 29.0 Å². The zero-order valence-electron chi connectivity index (χ0n) is 10.1. The van der Waals surface area contributed by atoms with Crippen molar-refractivity contribution < 1.29 is 17.3 Å². The minimum absolute atomic E-state index is 0.0731. The van der Waals surface area contributed by atoms with E-state index in [1.807, 2.05) is 0 Å². The summed E-state index contributed by atoms with van der Waals surface area (Å²) < 4.78 is 15.7. The zero-order valence-corrected chi connectivity index (χ0v) is 12.3. The second-order valence-corrected chi connectivity index (χ2v) is 4.69. The lowest BCUT2D eigenvalue weighted by molar-refractivity contribution is 0.0317. The maximum absolute atomic E-state index is 11.9. The molecule has 0 atom stereocenters. The molecule has 0 N–H and O–H groups in total. The quantitative estimate of drug-likeness (QED) is 0.607. The highest BCUT2D eigenvalue weighted by Crippen LogP contribution is 2.30. The monoisotopic (exact) mass is 362 g/mol. The topological polar surface area (TPSA) is 44.8 Å². The fourth-order valence-electron chi connectivity index (χ4n) is 2.08. The summed E-state index contributed by atoms with van der Waals surface area (Å²) in [5, 5.41) is 0. The van der Waals surface area contributed by atoms with E-state index < -0.39 is 0 Å². The van der Waals surface area contributed by atoms with Crippen LogP contribution in [0.25, 0.3) is 0 Å². The zero-order chi connectivity index (χ0) is 13.0. The fourth-order valence-corrected chi connectivity index (χ4v) is 2.45. The average Bonchev–Trinajstić information content (AvgIpc) is 2.90. The van der Waals surface area contributed by atoms with Crippen molar-refractivity contribution in [3.05, 3.63) is 23.8 Å². The average molecular weight is 362 g/mol. The summed E-state index contributed by atoms with van der Waals surface area (Å²) in [6.07, 6.45) is 4.30. The van der Waals surface area contributed by atoms with Crippen molar-refractivity contribution in [2.75, 3.05) is 7.11 Å². The second kappa shape index (κ2) is 6.26. The molecular weight excluding hydrogens is 347 g/mol. The minimum atomic E-state index is -0.291. The van der Waals surface area contributed by atoms with Gasteiger partial charge in [-0.2, -0.15) is 0 Å². The predicted molar refractivity (Wildman–Crippen MR) is 75.3 cm³/mol. The summed E-state index contributed by atoms with van der Waals surface area (Å²) in [7, 11) is 1.54. The first-order valence-electron chi connectivity index (χ1n) is 5.92. The lowest BCUT2D eigenvalue weighted by atomic mass is 10.2. The number of ether oxygens (including phenoxy) is 2. The van der Waals surface area contributed by atoms with Gasteiger partial charge in [-0.25, -0.2) is 4.79 Å². The van der Waals surface area contributed by atoms with E-state index in [0.29, 0.717) is 17.1 Å². The number of methoxy groups -OCH3 is 1. The molecule has 2 rings (SSSR count). The van der Waals surface area contributed by atoms with Crippen LogP contribution >= 0.6 is 23.0 Å². The molecular formula is C13H15IO4. The summed E-state index contributed by atoms with van der Waals surface area (Å²) in [5.41, 5.74) is 0.496. The maximum atomic E-state index is 11.9. The third-order valence-corrected chi connectivity index (χ3v) is 3.53. The molecule has 98 valence electrons. The number of carbonyl (C=O) groups excluding carboxylic acids is 1. The number of benzene rings is 1. The Morgan fingerprint density at radius 3 is 2.61 bits per heavy atom. The smallest absolute Gasteiger partial charge is 0.338 e. The van der Waals surface area contributed by atoms with Crippen molar-refractivity contribution in [1.29, 1.82) is 0 Å². The largest absolute Gasteiger partial charge is 0.493 e. The molecule has 1 aromatic rings. The van der Waals surface area contributed by atoms with Crippen LogP contribution in [0.4, 0.5) is 0 Å². The molecule has 1 aromatic carbocycles. The lowest BCUT2D eigenvalue weighted by Crippen LogP contribution is -2.14. The standard InChI is InChI=1S/C13H15IO4/c1-16-12-8-9(6-7-11(12)18-14)13(15)17-10-4-2-3-5-10/h6-8,10H,2-5H2,1H3. The van der Waals surface area contributed by atoms with Crippen LogP contribution in [0.2, 0.25) is 0 Å². The normalized spacial score (nSPS) is 15.4. The Morgan fingerprint density at radius 1 is 1.28 bits per heavy atom. The first kappa shape index (κ1) is 13.5. The Labute approximate surface area is 120 Å². The highest BCUT2D eigenvalue weighted by Gasteiger charge is 2.20. The summed E-state index contributed by atoms with van der Waals surface area (Å²) in [4.78, 5) is 11.9. The molecule has 1 fully saturated rings. The van der Waals surface area contributed by atoms with Gasteiger partial charge in [0.05, 0.1) is 12.7 Å². The molecule has 0 spiro atoms. The number of carbonyl (C=O) groups is 1. The van der Waals surface area contributed by atoms with Gasteiger partial charge >= 0.3 is 5.97 Å². The van der Waals surface area contributed by atoms with Gasteiger partial charge in [0.15, 0.2) is 34.5 Å². The molecule has 0 unspecified atom stereocenters. The van der Waals surface area contributed by atoms with E-state index in [1.165, 1.54) is 0 Å². The van der Waals surface area contributed by atoms with E-state index in [2.05, 4.69) is 0 Å². The van der Waals surface area contributed by atoms with Crippen molar-refractivity contribution in [2.45, 2.75) is 31.8 Å². The van der Waals surface area contributed by atoms with E-state index in [9.17, 15) is 4.79 Å². The van der Waals surface area contributed by atoms with E-state index >= 15 is 0 Å². The molecule has 1 aliphatic rings. The first-order chi connectivity index (χ1) is 8.74. The molecule has 5 heteroatoms. The summed E-state index contributed by atoms with van der Waals surface area (Å²) in [5.74, 6) is 0.834. The molecule has 0 aliphatic heterocycles. The van der Waals surface area contributed by atoms with Gasteiger partial charge in [-0.3, -0.25) is 0 Å². The van der Waals surface area contributed by atoms with Crippen molar-refractivity contribution in [3.8, 4) is 11.5 Å². The summed E-state index contributed by atoms with van der Waals surface area (Å²) in [6.45, 7) is 0. The Morgan fingerprint density at radius 2 is 2.00 bits per heavy atom. The van der Waals surface area contributed by atoms with Crippen molar-refractivity contribution in [3.63, 3.8) is 0 Å². The summed E-state index contributed by atoms with van der Waals surface area (Å²) >= 11 is 1.78. The van der Waals surface area contributed by atoms with Gasteiger partial charge in [-0.05, 0) is 43.9 Å². The molecule has 1 saturated carbocycles. The van der Waals surface area contributed by atoms with E-state index in [0.717, 1.165) is 25.7 Å². The van der Waals surface area contributed by atoms with Crippen LogP contribution in [0.15, 0.2) is 18.2 Å². The maximum Gasteiger partial charge on any atom is 0.338 e. The second-order valence-electron chi connectivity index (χ2n) is 4.25. The van der Waals surface area contributed by atoms with Crippen LogP contribution in [0.5, 0.6) is 11.5 Å². The third kappa shape index (κ3) is 3.07. The molecule has 1 aliphatic carbocycles. The van der Waals surface area contributed by atoms with Gasteiger partial charge in [0.25, 0.3) is 0 Å². The molecule has 0 bridgehead atoms. The highest BCUT2D eigenvalue weighted by atomic mass is 127. The third-order valence-electron chi connectivity index (χ3n) is 3.06. The van der Waals surface area contributed by atoms with Gasteiger partial charge < -0.3 is 12.5 Å². The molecule has 0 saturated heterocycles. The Bertz CT molecular complexity index is 427. The molecule has 0 radical (unpaired) electrons. The van der Waals surface area contributed by atoms with E-state index in [-0.39, 0.29) is 12.1 Å². The van der Waals surface area contributed by atoms with Crippen molar-refractivity contribution in [1.82, 2.24) is 0 Å². The highest BCUT2D eigenvalue weighted by molar-refractivity contribution is 14.1. The van der Waals surface area contributed by atoms with E-state index in [4.69, 9.17) is 12.5 Å². The van der Waals surface area contributed by atoms with Crippen LogP contribution in [0.3, 0.4) is 0 Å². The van der Waals surface area contributed by atoms with Crippen LogP contribution in [-0.2, 0) is 4.74 Å². The van der Waals surface area contributed by atoms with Crippen LogP contribution in [-0.4, -0.2) is 19.2 Å². The van der Waals surface area contributed by atoms with Gasteiger partial charge in [0.2, 0.25) is 0 Å². The molecule has 4 nitrogen and oxygen atoms in total. The molecule has 0 aromatic heterocycles. The minimum Gasteiger partial charge on any atom is -0.493 e.